The van der Waals surface area contributed by atoms with Gasteiger partial charge < -0.3 is 4.90 Å². The molecular formula is C14H19N3O2. The van der Waals surface area contributed by atoms with Crippen molar-refractivity contribution in [2.45, 2.75) is 25.3 Å². The van der Waals surface area contributed by atoms with Gasteiger partial charge in [-0.25, -0.2) is 0 Å². The zero-order chi connectivity index (χ0) is 13.2. The van der Waals surface area contributed by atoms with Gasteiger partial charge in [-0.1, -0.05) is 6.42 Å². The molecule has 1 aromatic rings. The molecule has 5 heteroatoms. The number of hydrogen-bond donors (Lipinski definition) is 0. The first-order valence-corrected chi connectivity index (χ1v) is 6.97. The molecule has 1 saturated heterocycles. The summed E-state index contributed by atoms with van der Waals surface area (Å²) < 4.78 is 0. The van der Waals surface area contributed by atoms with Crippen molar-refractivity contribution in [3.63, 3.8) is 0 Å². The van der Waals surface area contributed by atoms with Gasteiger partial charge in [0.1, 0.15) is 0 Å². The van der Waals surface area contributed by atoms with E-state index in [0.717, 1.165) is 37.9 Å². The maximum atomic E-state index is 10.6. The lowest BCUT2D eigenvalue weighted by atomic mass is 9.91. The molecule has 0 N–H and O–H groups in total. The number of benzene rings is 1. The quantitative estimate of drug-likeness (QED) is 0.618. The van der Waals surface area contributed by atoms with Crippen LogP contribution in [0.5, 0.6) is 0 Å². The molecule has 0 amide bonds. The number of hydrogen-bond acceptors (Lipinski definition) is 4. The standard InChI is InChI=1S/C14H19N3O2/c18-17(19)14-6-4-13(5-7-14)16-10-8-15(9-11-16)12-2-1-3-12/h4-7,12H,1-3,8-11H2. The van der Waals surface area contributed by atoms with Crippen LogP contribution >= 0.6 is 0 Å². The highest BCUT2D eigenvalue weighted by Gasteiger charge is 2.27. The fraction of sp³-hybridized carbons (Fsp3) is 0.571. The third-order valence-electron chi connectivity index (χ3n) is 4.33. The molecule has 19 heavy (non-hydrogen) atoms. The topological polar surface area (TPSA) is 49.6 Å². The average molecular weight is 261 g/mol. The van der Waals surface area contributed by atoms with E-state index in [-0.39, 0.29) is 10.6 Å². The van der Waals surface area contributed by atoms with Crippen molar-refractivity contribution >= 4 is 11.4 Å². The van der Waals surface area contributed by atoms with Crippen LogP contribution in [0.2, 0.25) is 0 Å². The summed E-state index contributed by atoms with van der Waals surface area (Å²) in [6.07, 6.45) is 4.10. The highest BCUT2D eigenvalue weighted by molar-refractivity contribution is 5.51. The van der Waals surface area contributed by atoms with Crippen LogP contribution in [0.4, 0.5) is 11.4 Å². The summed E-state index contributed by atoms with van der Waals surface area (Å²) in [6, 6.07) is 7.72. The summed E-state index contributed by atoms with van der Waals surface area (Å²) in [6.45, 7) is 4.27. The number of rotatable bonds is 3. The van der Waals surface area contributed by atoms with Crippen LogP contribution in [-0.2, 0) is 0 Å². The Morgan fingerprint density at radius 3 is 2.16 bits per heavy atom. The molecule has 0 radical (unpaired) electrons. The minimum absolute atomic E-state index is 0.164. The lowest BCUT2D eigenvalue weighted by molar-refractivity contribution is -0.384. The Morgan fingerprint density at radius 2 is 1.68 bits per heavy atom. The first-order chi connectivity index (χ1) is 9.24. The third-order valence-corrected chi connectivity index (χ3v) is 4.33. The van der Waals surface area contributed by atoms with E-state index >= 15 is 0 Å². The first kappa shape index (κ1) is 12.4. The van der Waals surface area contributed by atoms with Gasteiger partial charge in [-0.05, 0) is 25.0 Å². The molecule has 0 spiro atoms. The van der Waals surface area contributed by atoms with Gasteiger partial charge in [0, 0.05) is 50.0 Å². The van der Waals surface area contributed by atoms with E-state index in [1.54, 1.807) is 12.1 Å². The normalized spacial score (nSPS) is 21.2. The lowest BCUT2D eigenvalue weighted by Crippen LogP contribution is -2.52. The van der Waals surface area contributed by atoms with Crippen LogP contribution in [0.3, 0.4) is 0 Å². The molecule has 1 aliphatic carbocycles. The molecule has 3 rings (SSSR count). The molecule has 0 bridgehead atoms. The number of nitro benzene ring substituents is 1. The van der Waals surface area contributed by atoms with Gasteiger partial charge >= 0.3 is 0 Å². The van der Waals surface area contributed by atoms with Crippen molar-refractivity contribution in [3.05, 3.63) is 34.4 Å². The Balaban J connectivity index is 1.59. The van der Waals surface area contributed by atoms with Crippen LogP contribution < -0.4 is 4.90 Å². The van der Waals surface area contributed by atoms with Gasteiger partial charge in [0.05, 0.1) is 4.92 Å². The minimum atomic E-state index is -0.349. The summed E-state index contributed by atoms with van der Waals surface area (Å²) in [5, 5.41) is 10.6. The van der Waals surface area contributed by atoms with Gasteiger partial charge in [0.15, 0.2) is 0 Å². The Hall–Kier alpha value is -1.62. The van der Waals surface area contributed by atoms with E-state index in [4.69, 9.17) is 0 Å². The van der Waals surface area contributed by atoms with E-state index in [0.29, 0.717) is 0 Å². The van der Waals surface area contributed by atoms with Gasteiger partial charge in [-0.3, -0.25) is 15.0 Å². The molecule has 1 aliphatic heterocycles. The largest absolute Gasteiger partial charge is 0.369 e. The molecule has 0 aromatic heterocycles. The van der Waals surface area contributed by atoms with Crippen molar-refractivity contribution in [1.82, 2.24) is 4.90 Å². The van der Waals surface area contributed by atoms with E-state index in [9.17, 15) is 10.1 Å². The van der Waals surface area contributed by atoms with Crippen molar-refractivity contribution < 1.29 is 4.92 Å². The molecule has 5 nitrogen and oxygen atoms in total. The lowest BCUT2D eigenvalue weighted by Gasteiger charge is -2.43. The van der Waals surface area contributed by atoms with Gasteiger partial charge in [0.2, 0.25) is 0 Å². The SMILES string of the molecule is O=[N+]([O-])c1ccc(N2CCN(C3CCC3)CC2)cc1. The molecule has 102 valence electrons. The van der Waals surface area contributed by atoms with E-state index in [1.165, 1.54) is 19.3 Å². The summed E-state index contributed by atoms with van der Waals surface area (Å²) in [4.78, 5) is 15.2. The predicted molar refractivity (Wildman–Crippen MR) is 74.5 cm³/mol. The summed E-state index contributed by atoms with van der Waals surface area (Å²) >= 11 is 0. The molecule has 0 atom stereocenters. The smallest absolute Gasteiger partial charge is 0.269 e. The molecule has 1 heterocycles. The molecule has 2 fully saturated rings. The van der Waals surface area contributed by atoms with E-state index < -0.39 is 0 Å². The zero-order valence-corrected chi connectivity index (χ0v) is 11.0. The van der Waals surface area contributed by atoms with Crippen LogP contribution in [0.25, 0.3) is 0 Å². The van der Waals surface area contributed by atoms with Gasteiger partial charge in [0.25, 0.3) is 5.69 Å². The van der Waals surface area contributed by atoms with Gasteiger partial charge in [-0.2, -0.15) is 0 Å². The monoisotopic (exact) mass is 261 g/mol. The third kappa shape index (κ3) is 2.56. The zero-order valence-electron chi connectivity index (χ0n) is 11.0. The number of nitrogens with zero attached hydrogens (tertiary/aromatic N) is 3. The second-order valence-electron chi connectivity index (χ2n) is 5.38. The minimum Gasteiger partial charge on any atom is -0.369 e. The van der Waals surface area contributed by atoms with Crippen molar-refractivity contribution in [2.24, 2.45) is 0 Å². The van der Waals surface area contributed by atoms with E-state index in [2.05, 4.69) is 9.80 Å². The first-order valence-electron chi connectivity index (χ1n) is 6.97. The highest BCUT2D eigenvalue weighted by Crippen LogP contribution is 2.27. The van der Waals surface area contributed by atoms with Gasteiger partial charge in [-0.15, -0.1) is 0 Å². The second kappa shape index (κ2) is 5.17. The maximum Gasteiger partial charge on any atom is 0.269 e. The Labute approximate surface area is 113 Å². The maximum absolute atomic E-state index is 10.6. The van der Waals surface area contributed by atoms with Crippen LogP contribution in [0.1, 0.15) is 19.3 Å². The highest BCUT2D eigenvalue weighted by atomic mass is 16.6. The van der Waals surface area contributed by atoms with Crippen molar-refractivity contribution in [1.29, 1.82) is 0 Å². The number of non-ortho nitro benzene ring substituents is 1. The number of nitro groups is 1. The average Bonchev–Trinajstić information content (AvgIpc) is 2.38. The fourth-order valence-corrected chi connectivity index (χ4v) is 2.88. The molecule has 2 aliphatic rings. The van der Waals surface area contributed by atoms with Crippen LogP contribution in [0, 0.1) is 10.1 Å². The van der Waals surface area contributed by atoms with Crippen molar-refractivity contribution in [2.75, 3.05) is 31.1 Å². The van der Waals surface area contributed by atoms with E-state index in [1.807, 2.05) is 12.1 Å². The van der Waals surface area contributed by atoms with Crippen LogP contribution in [-0.4, -0.2) is 42.0 Å². The fourth-order valence-electron chi connectivity index (χ4n) is 2.88. The Morgan fingerprint density at radius 1 is 1.05 bits per heavy atom. The van der Waals surface area contributed by atoms with Crippen molar-refractivity contribution in [3.8, 4) is 0 Å². The number of anilines is 1. The van der Waals surface area contributed by atoms with Crippen LogP contribution in [0.15, 0.2) is 24.3 Å². The summed E-state index contributed by atoms with van der Waals surface area (Å²) in [5.41, 5.74) is 1.26. The molecule has 0 unspecified atom stereocenters. The molecule has 1 aromatic carbocycles. The molecular weight excluding hydrogens is 242 g/mol. The second-order valence-corrected chi connectivity index (χ2v) is 5.38. The summed E-state index contributed by atoms with van der Waals surface area (Å²) in [5.74, 6) is 0. The molecule has 1 saturated carbocycles. The Kier molecular flexibility index (Phi) is 3.38. The predicted octanol–water partition coefficient (Wildman–Crippen LogP) is 2.27. The summed E-state index contributed by atoms with van der Waals surface area (Å²) in [7, 11) is 0. The Bertz CT molecular complexity index is 448. The number of piperazine rings is 1.